The Morgan fingerprint density at radius 3 is 2.48 bits per heavy atom. The molecule has 0 aliphatic heterocycles. The van der Waals surface area contributed by atoms with E-state index in [0.717, 1.165) is 16.8 Å². The van der Waals surface area contributed by atoms with E-state index < -0.39 is 0 Å². The van der Waals surface area contributed by atoms with Crippen LogP contribution >= 0.6 is 12.2 Å². The summed E-state index contributed by atoms with van der Waals surface area (Å²) in [6.07, 6.45) is 0. The third-order valence-electron chi connectivity index (χ3n) is 3.11. The van der Waals surface area contributed by atoms with Gasteiger partial charge in [0.25, 0.3) is 5.91 Å². The van der Waals surface area contributed by atoms with E-state index in [9.17, 15) is 4.79 Å². The number of thiocarbonyl (C=S) groups is 1. The molecule has 0 aromatic heterocycles. The van der Waals surface area contributed by atoms with Crippen LogP contribution in [-0.2, 0) is 0 Å². The fourth-order valence-corrected chi connectivity index (χ4v) is 2.49. The highest BCUT2D eigenvalue weighted by atomic mass is 32.1. The van der Waals surface area contributed by atoms with Crippen LogP contribution in [0.4, 0.5) is 5.69 Å². The molecule has 0 saturated heterocycles. The summed E-state index contributed by atoms with van der Waals surface area (Å²) in [4.78, 5) is 12.2. The molecule has 2 rings (SSSR count). The van der Waals surface area contributed by atoms with Crippen molar-refractivity contribution in [1.29, 1.82) is 0 Å². The molecule has 23 heavy (non-hydrogen) atoms. The van der Waals surface area contributed by atoms with Gasteiger partial charge in [0.15, 0.2) is 5.11 Å². The molecular weight excluding hydrogens is 308 g/mol. The standard InChI is InChI=1S/C18H20N2O2S/c1-4-22-16-7-5-6-14(11-16)17(21)20-18(23)19-15-9-12(2)8-13(3)10-15/h5-11H,4H2,1-3H3,(H2,19,20,21,23). The van der Waals surface area contributed by atoms with Crippen molar-refractivity contribution in [3.8, 4) is 5.75 Å². The number of nitrogens with one attached hydrogen (secondary N) is 2. The fraction of sp³-hybridized carbons (Fsp3) is 0.222. The number of aryl methyl sites for hydroxylation is 2. The Morgan fingerprint density at radius 1 is 1.13 bits per heavy atom. The number of carbonyl (C=O) groups excluding carboxylic acids is 1. The minimum Gasteiger partial charge on any atom is -0.494 e. The van der Waals surface area contributed by atoms with Gasteiger partial charge in [0.05, 0.1) is 6.61 Å². The van der Waals surface area contributed by atoms with Crippen molar-refractivity contribution >= 4 is 28.9 Å². The Balaban J connectivity index is 2.02. The van der Waals surface area contributed by atoms with Gasteiger partial charge in [-0.3, -0.25) is 10.1 Å². The smallest absolute Gasteiger partial charge is 0.257 e. The van der Waals surface area contributed by atoms with E-state index in [1.807, 2.05) is 39.0 Å². The number of ether oxygens (including phenoxy) is 1. The molecule has 0 radical (unpaired) electrons. The Hall–Kier alpha value is -2.40. The molecule has 0 atom stereocenters. The van der Waals surface area contributed by atoms with Gasteiger partial charge >= 0.3 is 0 Å². The molecule has 120 valence electrons. The van der Waals surface area contributed by atoms with E-state index in [0.29, 0.717) is 17.9 Å². The number of rotatable bonds is 4. The van der Waals surface area contributed by atoms with Crippen molar-refractivity contribution in [3.63, 3.8) is 0 Å². The lowest BCUT2D eigenvalue weighted by Gasteiger charge is -2.11. The Morgan fingerprint density at radius 2 is 1.83 bits per heavy atom. The molecule has 0 heterocycles. The minimum absolute atomic E-state index is 0.266. The van der Waals surface area contributed by atoms with Crippen LogP contribution < -0.4 is 15.4 Å². The Kier molecular flexibility index (Phi) is 5.71. The van der Waals surface area contributed by atoms with Gasteiger partial charge < -0.3 is 10.1 Å². The maximum atomic E-state index is 12.2. The lowest BCUT2D eigenvalue weighted by atomic mass is 10.1. The third kappa shape index (κ3) is 5.07. The van der Waals surface area contributed by atoms with E-state index in [1.165, 1.54) is 0 Å². The fourth-order valence-electron chi connectivity index (χ4n) is 2.28. The van der Waals surface area contributed by atoms with Crippen molar-refractivity contribution in [3.05, 3.63) is 59.2 Å². The average molecular weight is 328 g/mol. The summed E-state index contributed by atoms with van der Waals surface area (Å²) in [6, 6.07) is 13.0. The van der Waals surface area contributed by atoms with E-state index >= 15 is 0 Å². The van der Waals surface area contributed by atoms with Crippen LogP contribution in [0.15, 0.2) is 42.5 Å². The molecule has 2 aromatic carbocycles. The maximum absolute atomic E-state index is 12.2. The average Bonchev–Trinajstić information content (AvgIpc) is 2.46. The van der Waals surface area contributed by atoms with Crippen LogP contribution in [0.5, 0.6) is 5.75 Å². The largest absolute Gasteiger partial charge is 0.494 e. The molecule has 5 heteroatoms. The van der Waals surface area contributed by atoms with Crippen LogP contribution in [0.25, 0.3) is 0 Å². The van der Waals surface area contributed by atoms with E-state index in [4.69, 9.17) is 17.0 Å². The molecule has 0 spiro atoms. The highest BCUT2D eigenvalue weighted by Crippen LogP contribution is 2.15. The van der Waals surface area contributed by atoms with Crippen LogP contribution in [0.2, 0.25) is 0 Å². The monoisotopic (exact) mass is 328 g/mol. The van der Waals surface area contributed by atoms with Crippen LogP contribution in [0.3, 0.4) is 0 Å². The van der Waals surface area contributed by atoms with E-state index in [1.54, 1.807) is 18.2 Å². The van der Waals surface area contributed by atoms with E-state index in [-0.39, 0.29) is 11.0 Å². The van der Waals surface area contributed by atoms with Crippen LogP contribution in [-0.4, -0.2) is 17.6 Å². The van der Waals surface area contributed by atoms with E-state index in [2.05, 4.69) is 16.7 Å². The second kappa shape index (κ2) is 7.74. The first-order valence-corrected chi connectivity index (χ1v) is 7.82. The van der Waals surface area contributed by atoms with Crippen molar-refractivity contribution in [2.75, 3.05) is 11.9 Å². The van der Waals surface area contributed by atoms with Gasteiger partial charge in [-0.25, -0.2) is 0 Å². The summed E-state index contributed by atoms with van der Waals surface area (Å²) in [6.45, 7) is 6.48. The first-order chi connectivity index (χ1) is 11.0. The van der Waals surface area contributed by atoms with Crippen molar-refractivity contribution in [1.82, 2.24) is 5.32 Å². The summed E-state index contributed by atoms with van der Waals surface area (Å²) in [5, 5.41) is 5.98. The van der Waals surface area contributed by atoms with Crippen molar-refractivity contribution in [2.24, 2.45) is 0 Å². The summed E-state index contributed by atoms with van der Waals surface area (Å²) in [5.41, 5.74) is 3.62. The number of hydrogen-bond donors (Lipinski definition) is 2. The third-order valence-corrected chi connectivity index (χ3v) is 3.32. The highest BCUT2D eigenvalue weighted by molar-refractivity contribution is 7.80. The van der Waals surface area contributed by atoms with Gasteiger partial charge in [-0.2, -0.15) is 0 Å². The van der Waals surface area contributed by atoms with Gasteiger partial charge in [0, 0.05) is 11.3 Å². The summed E-state index contributed by atoms with van der Waals surface area (Å²) in [7, 11) is 0. The van der Waals surface area contributed by atoms with Crippen molar-refractivity contribution in [2.45, 2.75) is 20.8 Å². The number of anilines is 1. The zero-order valence-electron chi connectivity index (χ0n) is 13.5. The van der Waals surface area contributed by atoms with Crippen LogP contribution in [0, 0.1) is 13.8 Å². The lowest BCUT2D eigenvalue weighted by Crippen LogP contribution is -2.34. The predicted octanol–water partition coefficient (Wildman–Crippen LogP) is 3.83. The van der Waals surface area contributed by atoms with Gasteiger partial charge in [-0.05, 0) is 74.4 Å². The van der Waals surface area contributed by atoms with Gasteiger partial charge in [0.2, 0.25) is 0 Å². The molecule has 0 unspecified atom stereocenters. The molecule has 1 amide bonds. The van der Waals surface area contributed by atoms with Gasteiger partial charge in [-0.15, -0.1) is 0 Å². The summed E-state index contributed by atoms with van der Waals surface area (Å²) in [5.74, 6) is 0.391. The molecule has 0 fully saturated rings. The predicted molar refractivity (Wildman–Crippen MR) is 97.2 cm³/mol. The SMILES string of the molecule is CCOc1cccc(C(=O)NC(=S)Nc2cc(C)cc(C)c2)c1. The summed E-state index contributed by atoms with van der Waals surface area (Å²) < 4.78 is 5.40. The zero-order valence-corrected chi connectivity index (χ0v) is 14.3. The molecule has 2 aromatic rings. The Bertz CT molecular complexity index is 708. The summed E-state index contributed by atoms with van der Waals surface area (Å²) >= 11 is 5.21. The quantitative estimate of drug-likeness (QED) is 0.838. The van der Waals surface area contributed by atoms with Gasteiger partial charge in [-0.1, -0.05) is 12.1 Å². The zero-order chi connectivity index (χ0) is 16.8. The first-order valence-electron chi connectivity index (χ1n) is 7.41. The Labute approximate surface area is 141 Å². The highest BCUT2D eigenvalue weighted by Gasteiger charge is 2.09. The number of carbonyl (C=O) groups is 1. The van der Waals surface area contributed by atoms with Crippen LogP contribution in [0.1, 0.15) is 28.4 Å². The maximum Gasteiger partial charge on any atom is 0.257 e. The first kappa shape index (κ1) is 17.0. The lowest BCUT2D eigenvalue weighted by molar-refractivity contribution is 0.0977. The molecule has 0 saturated carbocycles. The molecule has 4 nitrogen and oxygen atoms in total. The number of hydrogen-bond acceptors (Lipinski definition) is 3. The molecule has 0 aliphatic rings. The normalized spacial score (nSPS) is 10.0. The minimum atomic E-state index is -0.270. The molecule has 0 bridgehead atoms. The topological polar surface area (TPSA) is 50.4 Å². The number of benzene rings is 2. The van der Waals surface area contributed by atoms with Crippen molar-refractivity contribution < 1.29 is 9.53 Å². The number of amides is 1. The molecule has 2 N–H and O–H groups in total. The molecular formula is C18H20N2O2S. The van der Waals surface area contributed by atoms with Gasteiger partial charge in [0.1, 0.15) is 5.75 Å². The second-order valence-electron chi connectivity index (χ2n) is 5.25. The molecule has 0 aliphatic carbocycles. The second-order valence-corrected chi connectivity index (χ2v) is 5.65.